The Balaban J connectivity index is 2.68. The maximum Gasteiger partial charge on any atom is 0.229 e. The van der Waals surface area contributed by atoms with Gasteiger partial charge in [-0.3, -0.25) is 9.59 Å². The number of hydrogen-bond donors (Lipinski definition) is 0. The van der Waals surface area contributed by atoms with Crippen molar-refractivity contribution in [3.63, 3.8) is 0 Å². The lowest BCUT2D eigenvalue weighted by Crippen LogP contribution is -2.19. The van der Waals surface area contributed by atoms with Gasteiger partial charge in [-0.15, -0.1) is 0 Å². The van der Waals surface area contributed by atoms with Crippen LogP contribution in [0.2, 0.25) is 0 Å². The molecule has 3 nitrogen and oxygen atoms in total. The molecule has 0 N–H and O–H groups in total. The molecule has 0 spiro atoms. The molecule has 32 heavy (non-hydrogen) atoms. The Kier molecular flexibility index (Phi) is 10.1. The second-order valence-corrected chi connectivity index (χ2v) is 11.2. The van der Waals surface area contributed by atoms with Gasteiger partial charge in [0, 0.05) is 17.3 Å². The van der Waals surface area contributed by atoms with Gasteiger partial charge in [0.15, 0.2) is 0 Å². The van der Waals surface area contributed by atoms with E-state index < -0.39 is 18.2 Å². The average Bonchev–Trinajstić information content (AvgIpc) is 2.84. The summed E-state index contributed by atoms with van der Waals surface area (Å²) in [7, 11) is -3.82. The monoisotopic (exact) mass is 454 g/mol. The Morgan fingerprint density at radius 1 is 0.625 bits per heavy atom. The molecule has 0 aliphatic carbocycles. The summed E-state index contributed by atoms with van der Waals surface area (Å²) in [6.45, 7) is 10.1. The predicted octanol–water partition coefficient (Wildman–Crippen LogP) is 7.86. The fourth-order valence-electron chi connectivity index (χ4n) is 4.45. The van der Waals surface area contributed by atoms with Crippen molar-refractivity contribution >= 4 is 18.2 Å². The molecular formula is C28H39O3P. The van der Waals surface area contributed by atoms with Gasteiger partial charge in [-0.1, -0.05) is 90.3 Å². The Hall–Kier alpha value is -1.99. The van der Waals surface area contributed by atoms with E-state index in [-0.39, 0.29) is 6.16 Å². The normalized spacial score (nSPS) is 11.5. The van der Waals surface area contributed by atoms with Crippen LogP contribution in [0.25, 0.3) is 0 Å². The third kappa shape index (κ3) is 5.49. The minimum atomic E-state index is -3.82. The van der Waals surface area contributed by atoms with Crippen molar-refractivity contribution in [3.05, 3.63) is 69.8 Å². The third-order valence-electron chi connectivity index (χ3n) is 6.41. The summed E-state index contributed by atoms with van der Waals surface area (Å²) < 4.78 is 14.6. The van der Waals surface area contributed by atoms with Crippen LogP contribution in [0.3, 0.4) is 0 Å². The maximum absolute atomic E-state index is 14.6. The number of carbonyl (C=O) groups excluding carboxylic acids is 2. The van der Waals surface area contributed by atoms with Crippen molar-refractivity contribution in [2.75, 3.05) is 6.16 Å². The summed E-state index contributed by atoms with van der Waals surface area (Å²) in [6.07, 6.45) is 6.42. The minimum Gasteiger partial charge on any atom is -0.307 e. The fraction of sp³-hybridized carbons (Fsp3) is 0.500. The molecule has 2 aromatic rings. The molecule has 0 saturated carbocycles. The zero-order valence-electron chi connectivity index (χ0n) is 20.5. The van der Waals surface area contributed by atoms with Crippen LogP contribution in [0.1, 0.15) is 103 Å². The molecule has 0 atom stereocenters. The van der Waals surface area contributed by atoms with Gasteiger partial charge >= 0.3 is 0 Å². The topological polar surface area (TPSA) is 51.2 Å². The smallest absolute Gasteiger partial charge is 0.229 e. The zero-order valence-corrected chi connectivity index (χ0v) is 21.4. The number of benzene rings is 2. The van der Waals surface area contributed by atoms with E-state index in [0.29, 0.717) is 43.2 Å². The summed E-state index contributed by atoms with van der Waals surface area (Å²) in [5, 5.41) is 0. The molecule has 0 radical (unpaired) electrons. The Labute approximate surface area is 194 Å². The molecule has 2 aromatic carbocycles. The van der Waals surface area contributed by atoms with Crippen molar-refractivity contribution in [3.8, 4) is 0 Å². The van der Waals surface area contributed by atoms with Gasteiger partial charge in [0.1, 0.15) is 0 Å². The van der Waals surface area contributed by atoms with Gasteiger partial charge in [-0.05, 0) is 54.4 Å². The van der Waals surface area contributed by atoms with E-state index >= 15 is 0 Å². The standard InChI is InChI=1S/C28H39O3P/c1-6-11-12-13-20-32(31,27(29)25-21(7-2)16-14-17-22(25)8-3)28(30)26-23(9-4)18-15-19-24(26)10-5/h14-19H,6-13,20H2,1-5H3. The number of hydrogen-bond acceptors (Lipinski definition) is 3. The first-order valence-electron chi connectivity index (χ1n) is 12.3. The molecule has 0 bridgehead atoms. The molecule has 0 aliphatic heterocycles. The van der Waals surface area contributed by atoms with Gasteiger partial charge in [-0.25, -0.2) is 0 Å². The van der Waals surface area contributed by atoms with Crippen LogP contribution in [0.4, 0.5) is 0 Å². The molecule has 0 amide bonds. The maximum atomic E-state index is 14.6. The van der Waals surface area contributed by atoms with E-state index in [9.17, 15) is 14.2 Å². The van der Waals surface area contributed by atoms with Crippen LogP contribution in [0.15, 0.2) is 36.4 Å². The van der Waals surface area contributed by atoms with E-state index in [1.807, 2.05) is 64.1 Å². The van der Waals surface area contributed by atoms with Crippen molar-refractivity contribution in [1.82, 2.24) is 0 Å². The lowest BCUT2D eigenvalue weighted by atomic mass is 9.98. The lowest BCUT2D eigenvalue weighted by molar-refractivity contribution is 0.103. The van der Waals surface area contributed by atoms with Crippen molar-refractivity contribution in [2.45, 2.75) is 86.0 Å². The van der Waals surface area contributed by atoms with E-state index in [1.165, 1.54) is 0 Å². The highest BCUT2D eigenvalue weighted by atomic mass is 31.2. The Morgan fingerprint density at radius 3 is 1.31 bits per heavy atom. The van der Waals surface area contributed by atoms with Crippen molar-refractivity contribution in [2.24, 2.45) is 0 Å². The van der Waals surface area contributed by atoms with E-state index in [1.54, 1.807) is 0 Å². The van der Waals surface area contributed by atoms with Gasteiger partial charge < -0.3 is 4.57 Å². The van der Waals surface area contributed by atoms with Crippen LogP contribution in [-0.4, -0.2) is 17.2 Å². The molecule has 174 valence electrons. The van der Waals surface area contributed by atoms with Crippen LogP contribution in [0, 0.1) is 0 Å². The molecule has 0 heterocycles. The summed E-state index contributed by atoms with van der Waals surface area (Å²) >= 11 is 0. The summed E-state index contributed by atoms with van der Waals surface area (Å²) in [4.78, 5) is 28.0. The molecule has 0 aliphatic rings. The molecule has 0 unspecified atom stereocenters. The Bertz CT molecular complexity index is 874. The first-order chi connectivity index (χ1) is 15.4. The van der Waals surface area contributed by atoms with E-state index in [0.717, 1.165) is 41.5 Å². The fourth-order valence-corrected chi connectivity index (χ4v) is 7.01. The molecule has 0 saturated heterocycles. The van der Waals surface area contributed by atoms with Crippen LogP contribution in [-0.2, 0) is 30.2 Å². The number of rotatable bonds is 13. The number of aryl methyl sites for hydroxylation is 4. The first kappa shape index (κ1) is 26.3. The largest absolute Gasteiger partial charge is 0.307 e. The van der Waals surface area contributed by atoms with Gasteiger partial charge in [0.2, 0.25) is 18.2 Å². The second-order valence-electron chi connectivity index (χ2n) is 8.45. The highest BCUT2D eigenvalue weighted by molar-refractivity contribution is 7.95. The molecule has 0 fully saturated rings. The average molecular weight is 455 g/mol. The molecular weight excluding hydrogens is 415 g/mol. The quantitative estimate of drug-likeness (QED) is 0.229. The number of carbonyl (C=O) groups is 2. The van der Waals surface area contributed by atoms with Crippen LogP contribution in [0.5, 0.6) is 0 Å². The summed E-state index contributed by atoms with van der Waals surface area (Å²) in [6, 6.07) is 11.6. The highest BCUT2D eigenvalue weighted by Crippen LogP contribution is 2.54. The number of unbranched alkanes of at least 4 members (excludes halogenated alkanes) is 3. The third-order valence-corrected chi connectivity index (χ3v) is 9.11. The van der Waals surface area contributed by atoms with E-state index in [4.69, 9.17) is 0 Å². The highest BCUT2D eigenvalue weighted by Gasteiger charge is 2.42. The van der Waals surface area contributed by atoms with Crippen LogP contribution >= 0.6 is 7.14 Å². The van der Waals surface area contributed by atoms with Gasteiger partial charge in [0.25, 0.3) is 0 Å². The van der Waals surface area contributed by atoms with Crippen LogP contribution < -0.4 is 0 Å². The minimum absolute atomic E-state index is 0.160. The Morgan fingerprint density at radius 2 is 1.00 bits per heavy atom. The summed E-state index contributed by atoms with van der Waals surface area (Å²) in [5.74, 6) is 0. The van der Waals surface area contributed by atoms with Gasteiger partial charge in [0.05, 0.1) is 0 Å². The molecule has 2 rings (SSSR count). The second kappa shape index (κ2) is 12.3. The molecule has 4 heteroatoms. The zero-order chi connectivity index (χ0) is 23.7. The summed E-state index contributed by atoms with van der Waals surface area (Å²) in [5.41, 5.74) is 3.73. The predicted molar refractivity (Wildman–Crippen MR) is 136 cm³/mol. The van der Waals surface area contributed by atoms with Crippen molar-refractivity contribution < 1.29 is 14.2 Å². The SMILES string of the molecule is CCCCCCP(=O)(C(=O)c1c(CC)cccc1CC)C(=O)c1c(CC)cccc1CC. The lowest BCUT2D eigenvalue weighted by Gasteiger charge is -2.22. The first-order valence-corrected chi connectivity index (χ1v) is 14.2. The van der Waals surface area contributed by atoms with Gasteiger partial charge in [-0.2, -0.15) is 0 Å². The van der Waals surface area contributed by atoms with Crippen molar-refractivity contribution in [1.29, 1.82) is 0 Å². The van der Waals surface area contributed by atoms with E-state index in [2.05, 4.69) is 6.92 Å². The molecule has 0 aromatic heterocycles.